The van der Waals surface area contributed by atoms with E-state index in [0.29, 0.717) is 34.5 Å². The van der Waals surface area contributed by atoms with Crippen LogP contribution in [0.3, 0.4) is 0 Å². The average Bonchev–Trinajstić information content (AvgIpc) is 2.34. The maximum Gasteiger partial charge on any atom is 0.135 e. The van der Waals surface area contributed by atoms with Gasteiger partial charge in [-0.15, -0.1) is 0 Å². The standard InChI is InChI=1S/C13H13ClFN3O/c1-19-7-8-5-12(16)18-13(17-8)6-9-10(14)3-2-4-11(9)15/h2-5H,6-7H2,1H3,(H2,16,17,18). The van der Waals surface area contributed by atoms with Crippen molar-refractivity contribution in [2.75, 3.05) is 12.8 Å². The maximum absolute atomic E-state index is 13.7. The van der Waals surface area contributed by atoms with Gasteiger partial charge in [-0.1, -0.05) is 17.7 Å². The molecule has 4 nitrogen and oxygen atoms in total. The highest BCUT2D eigenvalue weighted by Crippen LogP contribution is 2.21. The number of halogens is 2. The average molecular weight is 282 g/mol. The van der Waals surface area contributed by atoms with E-state index >= 15 is 0 Å². The van der Waals surface area contributed by atoms with E-state index in [1.807, 2.05) is 0 Å². The predicted molar refractivity (Wildman–Crippen MR) is 71.4 cm³/mol. The largest absolute Gasteiger partial charge is 0.384 e. The van der Waals surface area contributed by atoms with Crippen LogP contribution in [0.15, 0.2) is 24.3 Å². The van der Waals surface area contributed by atoms with Gasteiger partial charge in [0.25, 0.3) is 0 Å². The molecule has 1 aromatic heterocycles. The van der Waals surface area contributed by atoms with Crippen molar-refractivity contribution in [1.29, 1.82) is 0 Å². The molecule has 0 saturated carbocycles. The Hall–Kier alpha value is -1.72. The molecule has 100 valence electrons. The molecule has 0 aliphatic carbocycles. The fourth-order valence-electron chi connectivity index (χ4n) is 1.74. The second-order valence-electron chi connectivity index (χ2n) is 4.01. The summed E-state index contributed by atoms with van der Waals surface area (Å²) in [6.45, 7) is 0.324. The van der Waals surface area contributed by atoms with Gasteiger partial charge < -0.3 is 10.5 Å². The lowest BCUT2D eigenvalue weighted by atomic mass is 10.1. The monoisotopic (exact) mass is 281 g/mol. The number of nitrogens with zero attached hydrogens (tertiary/aromatic N) is 2. The first-order valence-electron chi connectivity index (χ1n) is 5.64. The molecule has 2 aromatic rings. The van der Waals surface area contributed by atoms with Crippen LogP contribution in [0.4, 0.5) is 10.2 Å². The van der Waals surface area contributed by atoms with Crippen molar-refractivity contribution in [2.45, 2.75) is 13.0 Å². The number of ether oxygens (including phenoxy) is 1. The normalized spacial score (nSPS) is 10.7. The van der Waals surface area contributed by atoms with Crippen LogP contribution >= 0.6 is 11.6 Å². The fourth-order valence-corrected chi connectivity index (χ4v) is 1.97. The number of nitrogens with two attached hydrogens (primary N) is 1. The van der Waals surface area contributed by atoms with Gasteiger partial charge in [0, 0.05) is 30.2 Å². The smallest absolute Gasteiger partial charge is 0.135 e. The van der Waals surface area contributed by atoms with Crippen molar-refractivity contribution in [3.8, 4) is 0 Å². The van der Waals surface area contributed by atoms with Crippen LogP contribution in [-0.2, 0) is 17.8 Å². The third-order valence-electron chi connectivity index (χ3n) is 2.53. The van der Waals surface area contributed by atoms with Crippen LogP contribution in [0, 0.1) is 5.82 Å². The summed E-state index contributed by atoms with van der Waals surface area (Å²) in [7, 11) is 1.56. The Morgan fingerprint density at radius 3 is 2.84 bits per heavy atom. The van der Waals surface area contributed by atoms with Gasteiger partial charge in [0.2, 0.25) is 0 Å². The molecular weight excluding hydrogens is 269 g/mol. The van der Waals surface area contributed by atoms with E-state index in [1.54, 1.807) is 25.3 Å². The molecule has 1 heterocycles. The first kappa shape index (κ1) is 13.7. The van der Waals surface area contributed by atoms with Gasteiger partial charge in [0.15, 0.2) is 0 Å². The summed E-state index contributed by atoms with van der Waals surface area (Å²) in [4.78, 5) is 8.34. The molecule has 0 saturated heterocycles. The van der Waals surface area contributed by atoms with Crippen molar-refractivity contribution in [3.63, 3.8) is 0 Å². The number of methoxy groups -OCH3 is 1. The lowest BCUT2D eigenvalue weighted by Gasteiger charge is -2.07. The molecule has 1 aromatic carbocycles. The Morgan fingerprint density at radius 2 is 2.16 bits per heavy atom. The number of aromatic nitrogens is 2. The Labute approximate surface area is 115 Å². The van der Waals surface area contributed by atoms with E-state index in [4.69, 9.17) is 22.1 Å². The molecule has 6 heteroatoms. The van der Waals surface area contributed by atoms with Crippen molar-refractivity contribution >= 4 is 17.4 Å². The zero-order chi connectivity index (χ0) is 13.8. The Balaban J connectivity index is 2.33. The Morgan fingerprint density at radius 1 is 1.37 bits per heavy atom. The molecule has 0 aliphatic rings. The van der Waals surface area contributed by atoms with E-state index in [0.717, 1.165) is 0 Å². The lowest BCUT2D eigenvalue weighted by molar-refractivity contribution is 0.181. The highest BCUT2D eigenvalue weighted by molar-refractivity contribution is 6.31. The summed E-state index contributed by atoms with van der Waals surface area (Å²) in [6.07, 6.45) is 0.188. The fraction of sp³-hybridized carbons (Fsp3) is 0.231. The lowest BCUT2D eigenvalue weighted by Crippen LogP contribution is -2.06. The van der Waals surface area contributed by atoms with Crippen LogP contribution in [0.1, 0.15) is 17.1 Å². The van der Waals surface area contributed by atoms with Crippen LogP contribution in [0.5, 0.6) is 0 Å². The summed E-state index contributed by atoms with van der Waals surface area (Å²) in [5.74, 6) is 0.357. The number of hydrogen-bond acceptors (Lipinski definition) is 4. The summed E-state index contributed by atoms with van der Waals surface area (Å²) in [5, 5.41) is 0.347. The molecule has 19 heavy (non-hydrogen) atoms. The Kier molecular flexibility index (Phi) is 4.29. The first-order chi connectivity index (χ1) is 9.10. The summed E-state index contributed by atoms with van der Waals surface area (Å²) in [6, 6.07) is 6.15. The SMILES string of the molecule is COCc1cc(N)nc(Cc2c(F)cccc2Cl)n1. The van der Waals surface area contributed by atoms with Gasteiger partial charge in [0.05, 0.1) is 12.3 Å². The molecular formula is C13H13ClFN3O. The van der Waals surface area contributed by atoms with Crippen molar-refractivity contribution in [3.05, 3.63) is 52.2 Å². The van der Waals surface area contributed by atoms with Gasteiger partial charge in [0.1, 0.15) is 17.5 Å². The predicted octanol–water partition coefficient (Wildman–Crippen LogP) is 2.59. The summed E-state index contributed by atoms with van der Waals surface area (Å²) in [5.41, 5.74) is 6.70. The third kappa shape index (κ3) is 3.39. The maximum atomic E-state index is 13.7. The minimum atomic E-state index is -0.383. The number of nitrogen functional groups attached to an aromatic ring is 1. The van der Waals surface area contributed by atoms with Gasteiger partial charge in [-0.05, 0) is 12.1 Å². The molecule has 0 fully saturated rings. The van der Waals surface area contributed by atoms with Crippen LogP contribution in [0.2, 0.25) is 5.02 Å². The summed E-state index contributed by atoms with van der Waals surface area (Å²) >= 11 is 5.97. The zero-order valence-corrected chi connectivity index (χ0v) is 11.1. The van der Waals surface area contributed by atoms with Crippen LogP contribution in [-0.4, -0.2) is 17.1 Å². The molecule has 0 aliphatic heterocycles. The van der Waals surface area contributed by atoms with E-state index in [9.17, 15) is 4.39 Å². The molecule has 0 spiro atoms. The zero-order valence-electron chi connectivity index (χ0n) is 10.4. The second kappa shape index (κ2) is 5.95. The third-order valence-corrected chi connectivity index (χ3v) is 2.89. The molecule has 0 radical (unpaired) electrons. The minimum absolute atomic E-state index is 0.188. The van der Waals surface area contributed by atoms with Crippen molar-refractivity contribution < 1.29 is 9.13 Å². The van der Waals surface area contributed by atoms with Crippen LogP contribution < -0.4 is 5.73 Å². The number of hydrogen-bond donors (Lipinski definition) is 1. The van der Waals surface area contributed by atoms with Crippen molar-refractivity contribution in [1.82, 2.24) is 9.97 Å². The molecule has 0 bridgehead atoms. The van der Waals surface area contributed by atoms with Gasteiger partial charge >= 0.3 is 0 Å². The molecule has 2 rings (SSSR count). The van der Waals surface area contributed by atoms with E-state index < -0.39 is 0 Å². The molecule has 0 atom stereocenters. The first-order valence-corrected chi connectivity index (χ1v) is 6.02. The number of anilines is 1. The van der Waals surface area contributed by atoms with E-state index in [2.05, 4.69) is 9.97 Å². The van der Waals surface area contributed by atoms with E-state index in [-0.39, 0.29) is 12.2 Å². The van der Waals surface area contributed by atoms with Crippen LogP contribution in [0.25, 0.3) is 0 Å². The number of rotatable bonds is 4. The minimum Gasteiger partial charge on any atom is -0.384 e. The summed E-state index contributed by atoms with van der Waals surface area (Å²) < 4.78 is 18.7. The molecule has 2 N–H and O–H groups in total. The quantitative estimate of drug-likeness (QED) is 0.936. The van der Waals surface area contributed by atoms with E-state index in [1.165, 1.54) is 6.07 Å². The van der Waals surface area contributed by atoms with Gasteiger partial charge in [-0.3, -0.25) is 0 Å². The Bertz CT molecular complexity index is 572. The van der Waals surface area contributed by atoms with Crippen molar-refractivity contribution in [2.24, 2.45) is 0 Å². The molecule has 0 unspecified atom stereocenters. The van der Waals surface area contributed by atoms with Gasteiger partial charge in [-0.2, -0.15) is 0 Å². The second-order valence-corrected chi connectivity index (χ2v) is 4.42. The van der Waals surface area contributed by atoms with Gasteiger partial charge in [-0.25, -0.2) is 14.4 Å². The number of benzene rings is 1. The highest BCUT2D eigenvalue weighted by atomic mass is 35.5. The topological polar surface area (TPSA) is 61.0 Å². The molecule has 0 amide bonds. The highest BCUT2D eigenvalue weighted by Gasteiger charge is 2.11.